The second-order valence-corrected chi connectivity index (χ2v) is 22.5. The van der Waals surface area contributed by atoms with Crippen LogP contribution in [0.1, 0.15) is 136 Å². The molecule has 2 aromatic carbocycles. The van der Waals surface area contributed by atoms with E-state index in [1.54, 1.807) is 57.2 Å². The van der Waals surface area contributed by atoms with Gasteiger partial charge in [-0.25, -0.2) is 4.79 Å². The van der Waals surface area contributed by atoms with Crippen LogP contribution in [0.2, 0.25) is 5.02 Å². The summed E-state index contributed by atoms with van der Waals surface area (Å²) in [6, 6.07) is 11.9. The third kappa shape index (κ3) is 35.1. The van der Waals surface area contributed by atoms with Crippen LogP contribution in [-0.4, -0.2) is 158 Å². The first-order valence-corrected chi connectivity index (χ1v) is 30.7. The molecule has 0 radical (unpaired) electrons. The topological polar surface area (TPSA) is 268 Å². The summed E-state index contributed by atoms with van der Waals surface area (Å²) in [5.41, 5.74) is 7.14. The van der Waals surface area contributed by atoms with Gasteiger partial charge in [-0.1, -0.05) is 92.9 Å². The molecule has 0 aromatic heterocycles. The van der Waals surface area contributed by atoms with Crippen LogP contribution in [0.5, 0.6) is 5.75 Å². The van der Waals surface area contributed by atoms with Crippen LogP contribution in [0.4, 0.5) is 0 Å². The van der Waals surface area contributed by atoms with Crippen molar-refractivity contribution in [3.05, 3.63) is 102 Å². The normalized spacial score (nSPS) is 19.4. The second-order valence-electron chi connectivity index (χ2n) is 22.1. The van der Waals surface area contributed by atoms with E-state index in [0.29, 0.717) is 108 Å². The monoisotopic (exact) mass is 1240 g/mol. The number of cyclic esters (lactones) is 2. The van der Waals surface area contributed by atoms with Gasteiger partial charge >= 0.3 is 17.9 Å². The van der Waals surface area contributed by atoms with Gasteiger partial charge in [0.05, 0.1) is 89.1 Å². The van der Waals surface area contributed by atoms with Gasteiger partial charge in [-0.05, 0) is 116 Å². The van der Waals surface area contributed by atoms with Crippen LogP contribution in [0.25, 0.3) is 0 Å². The standard InChI is InChI=1S/C37H47ClN2O8.C23H44N2O8.2C3H6/c1-21(2)17-30-35(43)46-28(23(4)32-33(48-32)25-14-11-22(3)12-15-25)9-8-10-31(41)40-27(19-24-13-16-29(45-7)26(38)18-24)34(42)39-20-37(5,6)36(44)47-30;1-3-33-23(28)8-6-11-29-13-15-31-17-18-32-16-14-30-12-9-21(27)19-25-22(20(2)26)7-4-5-10-24;2*1-3-2/h8,10-16,18,21,23,27-28,30,32-33H,9,17,19-20H2,1-7H3,(H,39,42)(H,40,41);22,25H,3-19,24H2,1-2H3;2*3H,1H2,2H3/b10-8+;;;/t23-,27+,28-,30-,32-,33-;22-;;/m00../s1. The van der Waals surface area contributed by atoms with Crippen molar-refractivity contribution in [3.63, 3.8) is 0 Å². The van der Waals surface area contributed by atoms with Crippen molar-refractivity contribution < 1.29 is 76.2 Å². The molecule has 1 fully saturated rings. The van der Waals surface area contributed by atoms with Gasteiger partial charge < -0.3 is 64.3 Å². The molecule has 1 saturated heterocycles. The van der Waals surface area contributed by atoms with Crippen molar-refractivity contribution in [3.8, 4) is 5.75 Å². The third-order valence-electron chi connectivity index (χ3n) is 13.3. The minimum Gasteiger partial charge on any atom is -0.495 e. The molecule has 2 amide bonds. The molecule has 490 valence electrons. The SMILES string of the molecule is C=CC.C=CC.CCOC(=O)CCCOCCOCCOCCOCCC(=O)CN[C@@H](CCCCN)C(C)=O.COc1ccc(C[C@H]2NC(=O)/C=C/C[C@@H]([C@H](C)[C@@H]3O[C@H]3c3ccc(C)cc3)OC(=O)[C@H](CC(C)C)OC(=O)C(C)(C)CNC2=O)cc1Cl. The number of ketones is 2. The number of Topliss-reactive ketones (excluding diaryl/α,β-unsaturated/α-hetero) is 2. The zero-order valence-electron chi connectivity index (χ0n) is 53.7. The number of methoxy groups -OCH3 is 1. The van der Waals surface area contributed by atoms with E-state index in [4.69, 9.17) is 60.0 Å². The predicted molar refractivity (Wildman–Crippen MR) is 337 cm³/mol. The Kier molecular flexibility index (Phi) is 42.1. The van der Waals surface area contributed by atoms with Gasteiger partial charge in [0, 0.05) is 44.8 Å². The lowest BCUT2D eigenvalue weighted by atomic mass is 9.92. The Balaban J connectivity index is 0.000000847. The van der Waals surface area contributed by atoms with E-state index in [0.717, 1.165) is 24.0 Å². The number of unbranched alkanes of at least 4 members (excludes halogenated alkanes) is 1. The van der Waals surface area contributed by atoms with E-state index in [2.05, 4.69) is 29.1 Å². The molecule has 87 heavy (non-hydrogen) atoms. The zero-order valence-corrected chi connectivity index (χ0v) is 54.5. The highest BCUT2D eigenvalue weighted by molar-refractivity contribution is 6.32. The molecule has 20 nitrogen and oxygen atoms in total. The van der Waals surface area contributed by atoms with Gasteiger partial charge in [-0.2, -0.15) is 0 Å². The lowest BCUT2D eigenvalue weighted by Crippen LogP contribution is -2.51. The molecule has 0 aliphatic carbocycles. The molecule has 2 aliphatic heterocycles. The molecular formula is C66H103ClN4O16. The van der Waals surface area contributed by atoms with Crippen LogP contribution in [0.15, 0.2) is 79.9 Å². The fraction of sp³-hybridized carbons (Fsp3) is 0.621. The highest BCUT2D eigenvalue weighted by Crippen LogP contribution is 2.45. The van der Waals surface area contributed by atoms with Crippen LogP contribution in [0, 0.1) is 24.2 Å². The summed E-state index contributed by atoms with van der Waals surface area (Å²) >= 11 is 6.32. The minimum absolute atomic E-state index is 0.0116. The number of aryl methyl sites for hydroxylation is 1. The maximum Gasteiger partial charge on any atom is 0.347 e. The van der Waals surface area contributed by atoms with Crippen LogP contribution >= 0.6 is 11.6 Å². The molecule has 21 heteroatoms. The molecular weight excluding hydrogens is 1140 g/mol. The van der Waals surface area contributed by atoms with E-state index < -0.39 is 47.4 Å². The smallest absolute Gasteiger partial charge is 0.347 e. The number of carbonyl (C=O) groups is 7. The molecule has 2 aliphatic rings. The highest BCUT2D eigenvalue weighted by atomic mass is 35.5. The predicted octanol–water partition coefficient (Wildman–Crippen LogP) is 8.85. The van der Waals surface area contributed by atoms with Crippen molar-refractivity contribution in [1.29, 1.82) is 0 Å². The van der Waals surface area contributed by atoms with Gasteiger partial charge in [0.1, 0.15) is 35.6 Å². The number of allylic oxidation sites excluding steroid dienone is 2. The molecule has 0 spiro atoms. The summed E-state index contributed by atoms with van der Waals surface area (Å²) in [6.07, 6.45) is 8.56. The summed E-state index contributed by atoms with van der Waals surface area (Å²) < 4.78 is 49.5. The molecule has 0 bridgehead atoms. The number of benzene rings is 2. The van der Waals surface area contributed by atoms with E-state index >= 15 is 0 Å². The number of carbonyl (C=O) groups excluding carboxylic acids is 7. The van der Waals surface area contributed by atoms with Crippen molar-refractivity contribution in [2.75, 3.05) is 86.2 Å². The van der Waals surface area contributed by atoms with Crippen molar-refractivity contribution in [1.82, 2.24) is 16.0 Å². The van der Waals surface area contributed by atoms with Crippen molar-refractivity contribution in [2.45, 2.75) is 164 Å². The molecule has 4 rings (SSSR count). The number of ether oxygens (including phenoxy) is 9. The summed E-state index contributed by atoms with van der Waals surface area (Å²) in [5, 5.41) is 8.94. The Morgan fingerprint density at radius 1 is 0.862 bits per heavy atom. The largest absolute Gasteiger partial charge is 0.495 e. The van der Waals surface area contributed by atoms with Gasteiger partial charge in [0.15, 0.2) is 6.10 Å². The second kappa shape index (κ2) is 46.3. The Morgan fingerprint density at radius 2 is 1.47 bits per heavy atom. The quantitative estimate of drug-likeness (QED) is 0.0171. The number of nitrogens with one attached hydrogen (secondary N) is 3. The first kappa shape index (κ1) is 79.2. The number of hydrogen-bond donors (Lipinski definition) is 4. The first-order chi connectivity index (χ1) is 41.5. The summed E-state index contributed by atoms with van der Waals surface area (Å²) in [6.45, 7) is 29.4. The van der Waals surface area contributed by atoms with E-state index in [-0.39, 0.29) is 80.0 Å². The van der Waals surface area contributed by atoms with Gasteiger partial charge in [-0.3, -0.25) is 28.8 Å². The average molecular weight is 1240 g/mol. The van der Waals surface area contributed by atoms with E-state index in [1.165, 1.54) is 20.1 Å². The number of amides is 2. The fourth-order valence-electron chi connectivity index (χ4n) is 8.35. The molecule has 0 unspecified atom stereocenters. The van der Waals surface area contributed by atoms with Gasteiger partial charge in [0.25, 0.3) is 0 Å². The fourth-order valence-corrected chi connectivity index (χ4v) is 8.63. The van der Waals surface area contributed by atoms with Crippen LogP contribution in [0.3, 0.4) is 0 Å². The number of nitrogens with two attached hydrogens (primary N) is 1. The Morgan fingerprint density at radius 3 is 2.03 bits per heavy atom. The number of esters is 3. The maximum absolute atomic E-state index is 13.6. The molecule has 7 atom stereocenters. The third-order valence-corrected chi connectivity index (χ3v) is 13.6. The van der Waals surface area contributed by atoms with Crippen LogP contribution in [-0.2, 0) is 77.9 Å². The van der Waals surface area contributed by atoms with Crippen molar-refractivity contribution >= 4 is 52.9 Å². The molecule has 2 aromatic rings. The first-order valence-electron chi connectivity index (χ1n) is 30.3. The summed E-state index contributed by atoms with van der Waals surface area (Å²) in [5.74, 6) is -2.21. The molecule has 0 saturated carbocycles. The number of halogens is 1. The van der Waals surface area contributed by atoms with E-state index in [9.17, 15) is 33.6 Å². The Bertz CT molecular complexity index is 2380. The summed E-state index contributed by atoms with van der Waals surface area (Å²) in [7, 11) is 1.51. The lowest BCUT2D eigenvalue weighted by Gasteiger charge is -2.29. The Labute approximate surface area is 523 Å². The van der Waals surface area contributed by atoms with E-state index in [1.807, 2.05) is 65.8 Å². The number of rotatable bonds is 33. The maximum atomic E-state index is 13.6. The minimum atomic E-state index is -1.20. The number of hydrogen-bond acceptors (Lipinski definition) is 18. The van der Waals surface area contributed by atoms with Gasteiger partial charge in [-0.15, -0.1) is 13.2 Å². The number of epoxide rings is 1. The zero-order chi connectivity index (χ0) is 65.2. The summed E-state index contributed by atoms with van der Waals surface area (Å²) in [4.78, 5) is 88.4. The molecule has 5 N–H and O–H groups in total. The van der Waals surface area contributed by atoms with Crippen molar-refractivity contribution in [2.24, 2.45) is 23.0 Å². The van der Waals surface area contributed by atoms with Crippen LogP contribution < -0.4 is 26.4 Å². The molecule has 2 heterocycles. The average Bonchev–Trinajstić information content (AvgIpc) is 1.76. The van der Waals surface area contributed by atoms with Gasteiger partial charge in [0.2, 0.25) is 11.8 Å². The highest BCUT2D eigenvalue weighted by Gasteiger charge is 2.48. The Hall–Kier alpha value is -5.84. The lowest BCUT2D eigenvalue weighted by molar-refractivity contribution is -0.179.